The average Bonchev–Trinajstić information content (AvgIpc) is 2.82. The Morgan fingerprint density at radius 3 is 2.56 bits per heavy atom. The fraction of sp³-hybridized carbons (Fsp3) is 0.562. The fourth-order valence-electron chi connectivity index (χ4n) is 3.22. The van der Waals surface area contributed by atoms with Gasteiger partial charge in [-0.2, -0.15) is 0 Å². The van der Waals surface area contributed by atoms with Crippen molar-refractivity contribution in [2.24, 2.45) is 0 Å². The van der Waals surface area contributed by atoms with Crippen LogP contribution >= 0.6 is 0 Å². The highest BCUT2D eigenvalue weighted by Gasteiger charge is 2.45. The Balaban J connectivity index is 1.77. The first kappa shape index (κ1) is 11.9. The third kappa shape index (κ3) is 1.99. The third-order valence-electron chi connectivity index (χ3n) is 4.50. The molecule has 1 aromatic carbocycles. The maximum atomic E-state index is 12.6. The van der Waals surface area contributed by atoms with Gasteiger partial charge in [-0.05, 0) is 31.2 Å². The molecule has 0 bridgehead atoms. The van der Waals surface area contributed by atoms with E-state index < -0.39 is 0 Å². The molecule has 0 N–H and O–H groups in total. The molecule has 1 aliphatic carbocycles. The van der Waals surface area contributed by atoms with Crippen LogP contribution < -0.4 is 0 Å². The van der Waals surface area contributed by atoms with Crippen molar-refractivity contribution in [2.45, 2.75) is 50.0 Å². The van der Waals surface area contributed by atoms with Crippen molar-refractivity contribution in [3.05, 3.63) is 35.9 Å². The number of ether oxygens (including phenoxy) is 1. The van der Waals surface area contributed by atoms with Gasteiger partial charge in [0.15, 0.2) is 0 Å². The summed E-state index contributed by atoms with van der Waals surface area (Å²) in [5.74, 6) is 0.395. The van der Waals surface area contributed by atoms with Crippen LogP contribution in [-0.4, -0.2) is 18.5 Å². The SMILES string of the molecule is O=C(CC1CCCO1)C1(c2ccccc2)CCC1. The first-order chi connectivity index (χ1) is 8.81. The molecule has 2 heteroatoms. The van der Waals surface area contributed by atoms with Gasteiger partial charge < -0.3 is 4.74 Å². The van der Waals surface area contributed by atoms with Gasteiger partial charge >= 0.3 is 0 Å². The normalized spacial score (nSPS) is 25.7. The zero-order valence-corrected chi connectivity index (χ0v) is 10.7. The Hall–Kier alpha value is -1.15. The topological polar surface area (TPSA) is 26.3 Å². The van der Waals surface area contributed by atoms with Crippen molar-refractivity contribution in [1.82, 2.24) is 0 Å². The second kappa shape index (κ2) is 4.85. The molecule has 1 aliphatic heterocycles. The molecule has 1 unspecified atom stereocenters. The van der Waals surface area contributed by atoms with Crippen molar-refractivity contribution in [2.75, 3.05) is 6.61 Å². The Bertz CT molecular complexity index is 414. The van der Waals surface area contributed by atoms with Crippen molar-refractivity contribution < 1.29 is 9.53 Å². The first-order valence-electron chi connectivity index (χ1n) is 7.02. The Kier molecular flexibility index (Phi) is 3.21. The summed E-state index contributed by atoms with van der Waals surface area (Å²) >= 11 is 0. The molecule has 0 radical (unpaired) electrons. The van der Waals surface area contributed by atoms with Crippen LogP contribution in [0.25, 0.3) is 0 Å². The van der Waals surface area contributed by atoms with E-state index >= 15 is 0 Å². The number of hydrogen-bond donors (Lipinski definition) is 0. The van der Waals surface area contributed by atoms with E-state index in [1.165, 1.54) is 12.0 Å². The molecule has 96 valence electrons. The third-order valence-corrected chi connectivity index (χ3v) is 4.50. The largest absolute Gasteiger partial charge is 0.378 e. The van der Waals surface area contributed by atoms with Gasteiger partial charge in [0.2, 0.25) is 0 Å². The molecule has 1 saturated carbocycles. The number of carbonyl (C=O) groups is 1. The highest BCUT2D eigenvalue weighted by Crippen LogP contribution is 2.45. The van der Waals surface area contributed by atoms with Crippen molar-refractivity contribution in [3.8, 4) is 0 Å². The molecular weight excluding hydrogens is 224 g/mol. The van der Waals surface area contributed by atoms with Crippen molar-refractivity contribution in [3.63, 3.8) is 0 Å². The molecule has 1 saturated heterocycles. The van der Waals surface area contributed by atoms with Gasteiger partial charge in [-0.15, -0.1) is 0 Å². The second-order valence-electron chi connectivity index (χ2n) is 5.56. The van der Waals surface area contributed by atoms with E-state index in [0.717, 1.165) is 32.3 Å². The van der Waals surface area contributed by atoms with Crippen LogP contribution in [-0.2, 0) is 14.9 Å². The number of rotatable bonds is 4. The van der Waals surface area contributed by atoms with Crippen LogP contribution in [0, 0.1) is 0 Å². The quantitative estimate of drug-likeness (QED) is 0.812. The van der Waals surface area contributed by atoms with Crippen LogP contribution in [0.5, 0.6) is 0 Å². The van der Waals surface area contributed by atoms with Gasteiger partial charge in [-0.1, -0.05) is 36.8 Å². The summed E-state index contributed by atoms with van der Waals surface area (Å²) in [4.78, 5) is 12.6. The van der Waals surface area contributed by atoms with Gasteiger partial charge in [0, 0.05) is 13.0 Å². The van der Waals surface area contributed by atoms with Gasteiger partial charge in [-0.3, -0.25) is 4.79 Å². The lowest BCUT2D eigenvalue weighted by molar-refractivity contribution is -0.129. The monoisotopic (exact) mass is 244 g/mol. The summed E-state index contributed by atoms with van der Waals surface area (Å²) in [5, 5.41) is 0. The lowest BCUT2D eigenvalue weighted by Crippen LogP contribution is -2.43. The zero-order valence-electron chi connectivity index (χ0n) is 10.7. The molecule has 0 amide bonds. The molecule has 1 atom stereocenters. The lowest BCUT2D eigenvalue weighted by atomic mass is 9.61. The lowest BCUT2D eigenvalue weighted by Gasteiger charge is -2.41. The number of benzene rings is 1. The summed E-state index contributed by atoms with van der Waals surface area (Å²) in [7, 11) is 0. The van der Waals surface area contributed by atoms with E-state index in [-0.39, 0.29) is 11.5 Å². The summed E-state index contributed by atoms with van der Waals surface area (Å²) in [5.41, 5.74) is 1.02. The highest BCUT2D eigenvalue weighted by atomic mass is 16.5. The van der Waals surface area contributed by atoms with Crippen LogP contribution in [0.2, 0.25) is 0 Å². The van der Waals surface area contributed by atoms with Crippen LogP contribution in [0.4, 0.5) is 0 Å². The van der Waals surface area contributed by atoms with Gasteiger partial charge in [-0.25, -0.2) is 0 Å². The van der Waals surface area contributed by atoms with E-state index in [2.05, 4.69) is 12.1 Å². The Morgan fingerprint density at radius 2 is 2.00 bits per heavy atom. The molecule has 1 aromatic rings. The minimum atomic E-state index is -0.187. The van der Waals surface area contributed by atoms with Crippen molar-refractivity contribution in [1.29, 1.82) is 0 Å². The van der Waals surface area contributed by atoms with Crippen LogP contribution in [0.15, 0.2) is 30.3 Å². The van der Waals surface area contributed by atoms with Crippen LogP contribution in [0.1, 0.15) is 44.1 Å². The van der Waals surface area contributed by atoms with E-state index in [1.54, 1.807) is 0 Å². The summed E-state index contributed by atoms with van der Waals surface area (Å²) in [6, 6.07) is 10.3. The standard InChI is InChI=1S/C16H20O2/c17-15(12-14-8-4-11-18-14)16(9-5-10-16)13-6-2-1-3-7-13/h1-3,6-7,14H,4-5,8-12H2. The summed E-state index contributed by atoms with van der Waals surface area (Å²) in [6.07, 6.45) is 6.15. The summed E-state index contributed by atoms with van der Waals surface area (Å²) < 4.78 is 5.60. The number of ketones is 1. The zero-order chi connectivity index (χ0) is 12.4. The number of Topliss-reactive ketones (excluding diaryl/α,β-unsaturated/α-hetero) is 1. The molecule has 0 aromatic heterocycles. The highest BCUT2D eigenvalue weighted by molar-refractivity contribution is 5.91. The number of hydrogen-bond acceptors (Lipinski definition) is 2. The Labute approximate surface area is 108 Å². The van der Waals surface area contributed by atoms with E-state index in [9.17, 15) is 4.79 Å². The molecule has 3 rings (SSSR count). The average molecular weight is 244 g/mol. The smallest absolute Gasteiger partial charge is 0.145 e. The fourth-order valence-corrected chi connectivity index (χ4v) is 3.22. The second-order valence-corrected chi connectivity index (χ2v) is 5.56. The predicted molar refractivity (Wildman–Crippen MR) is 70.6 cm³/mol. The van der Waals surface area contributed by atoms with Gasteiger partial charge in [0.25, 0.3) is 0 Å². The van der Waals surface area contributed by atoms with Crippen molar-refractivity contribution >= 4 is 5.78 Å². The molecule has 2 fully saturated rings. The predicted octanol–water partition coefficient (Wildman–Crippen LogP) is 3.25. The molecule has 2 nitrogen and oxygen atoms in total. The van der Waals surface area contributed by atoms with Crippen LogP contribution in [0.3, 0.4) is 0 Å². The molecular formula is C16H20O2. The van der Waals surface area contributed by atoms with Gasteiger partial charge in [0.05, 0.1) is 11.5 Å². The maximum absolute atomic E-state index is 12.6. The minimum absolute atomic E-state index is 0.179. The van der Waals surface area contributed by atoms with E-state index in [0.29, 0.717) is 12.2 Å². The van der Waals surface area contributed by atoms with Gasteiger partial charge in [0.1, 0.15) is 5.78 Å². The molecule has 0 spiro atoms. The number of carbonyl (C=O) groups excluding carboxylic acids is 1. The molecule has 1 heterocycles. The summed E-state index contributed by atoms with van der Waals surface area (Å²) in [6.45, 7) is 0.830. The van der Waals surface area contributed by atoms with E-state index in [4.69, 9.17) is 4.74 Å². The Morgan fingerprint density at radius 1 is 1.22 bits per heavy atom. The minimum Gasteiger partial charge on any atom is -0.378 e. The molecule has 18 heavy (non-hydrogen) atoms. The van der Waals surface area contributed by atoms with E-state index in [1.807, 2.05) is 18.2 Å². The maximum Gasteiger partial charge on any atom is 0.145 e. The molecule has 2 aliphatic rings. The first-order valence-corrected chi connectivity index (χ1v) is 7.02.